The van der Waals surface area contributed by atoms with Crippen LogP contribution in [0.15, 0.2) is 128 Å². The molecule has 4 aromatic carbocycles. The number of rotatable bonds is 11. The van der Waals surface area contributed by atoms with Crippen LogP contribution in [0.5, 0.6) is 0 Å². The number of amides is 2. The second-order valence-corrected chi connectivity index (χ2v) is 25.8. The number of likely N-dealkylation sites (N-methyl/N-ethyl adjacent to an activating group) is 1. The number of hydrogen-bond donors (Lipinski definition) is 1. The molecule has 8 aromatic heterocycles. The van der Waals surface area contributed by atoms with E-state index in [-0.39, 0.29) is 31.4 Å². The molecule has 94 heavy (non-hydrogen) atoms. The van der Waals surface area contributed by atoms with Gasteiger partial charge in [-0.05, 0) is 69.7 Å². The first-order valence-electron chi connectivity index (χ1n) is 30.8. The van der Waals surface area contributed by atoms with E-state index in [2.05, 4.69) is 101 Å². The maximum Gasteiger partial charge on any atom is 0.244 e. The Bertz CT molecular complexity index is 4660. The molecule has 0 unspecified atom stereocenters. The highest BCUT2D eigenvalue weighted by Crippen LogP contribution is 2.38. The lowest BCUT2D eigenvalue weighted by Crippen LogP contribution is -2.45. The number of benzene rings is 4. The minimum Gasteiger partial charge on any atom is -0.341 e. The number of piperazine rings is 1. The summed E-state index contributed by atoms with van der Waals surface area (Å²) in [6.07, 6.45) is 3.44. The van der Waals surface area contributed by atoms with Gasteiger partial charge in [0, 0.05) is 90.1 Å². The average Bonchev–Trinajstić information content (AvgIpc) is 1.61. The van der Waals surface area contributed by atoms with Crippen LogP contribution in [0.2, 0.25) is 20.1 Å². The van der Waals surface area contributed by atoms with Crippen LogP contribution in [-0.2, 0) is 29.2 Å². The number of halogens is 6. The summed E-state index contributed by atoms with van der Waals surface area (Å²) in [4.78, 5) is 33.1. The molecule has 15 rings (SSSR count). The lowest BCUT2D eigenvalue weighted by atomic mass is 10.1. The molecule has 21 nitrogen and oxygen atoms in total. The maximum absolute atomic E-state index is 13.3. The van der Waals surface area contributed by atoms with Crippen LogP contribution >= 0.6 is 69.0 Å². The molecule has 11 heterocycles. The Morgan fingerprint density at radius 1 is 0.521 bits per heavy atom. The van der Waals surface area contributed by atoms with E-state index in [0.717, 1.165) is 135 Å². The van der Waals surface area contributed by atoms with Crippen LogP contribution < -0.4 is 0 Å². The molecule has 0 spiro atoms. The Balaban J connectivity index is 0.000000122. The number of nitrogens with zero attached hydrogens (tertiary/aromatic N) is 18. The zero-order valence-electron chi connectivity index (χ0n) is 51.9. The number of aromatic amines is 1. The van der Waals surface area contributed by atoms with Gasteiger partial charge in [0.1, 0.15) is 42.0 Å². The quantitative estimate of drug-likeness (QED) is 0.119. The van der Waals surface area contributed by atoms with Crippen molar-refractivity contribution in [2.24, 2.45) is 0 Å². The normalized spacial score (nSPS) is 15.1. The predicted octanol–water partition coefficient (Wildman–Crippen LogP) is 12.7. The summed E-state index contributed by atoms with van der Waals surface area (Å²) in [5, 5.41) is 55.8. The summed E-state index contributed by atoms with van der Waals surface area (Å²) >= 11 is 28.4. The minimum atomic E-state index is -0.928. The van der Waals surface area contributed by atoms with Gasteiger partial charge in [-0.15, -0.1) is 40.8 Å². The third-order valence-electron chi connectivity index (χ3n) is 16.8. The fraction of sp³-hybridized carbons (Fsp3) is 0.299. The molecule has 3 fully saturated rings. The average molecular weight is 1460 g/mol. The molecular formula is C67H65Cl4FIN19O2. The number of alkyl halides is 1. The van der Waals surface area contributed by atoms with Gasteiger partial charge in [-0.25, -0.2) is 13.8 Å². The number of aromatic nitrogens is 15. The number of carbonyl (C=O) groups is 2. The molecule has 0 saturated carbocycles. The van der Waals surface area contributed by atoms with Crippen molar-refractivity contribution in [1.29, 1.82) is 0 Å². The molecule has 3 aliphatic heterocycles. The van der Waals surface area contributed by atoms with Crippen molar-refractivity contribution in [1.82, 2.24) is 94.7 Å². The Labute approximate surface area is 574 Å². The molecule has 3 aliphatic rings. The fourth-order valence-electron chi connectivity index (χ4n) is 11.7. The van der Waals surface area contributed by atoms with E-state index < -0.39 is 6.17 Å². The van der Waals surface area contributed by atoms with Gasteiger partial charge in [-0.3, -0.25) is 19.6 Å². The number of hydrogen-bond acceptors (Lipinski definition) is 15. The zero-order valence-corrected chi connectivity index (χ0v) is 57.1. The molecule has 482 valence electrons. The zero-order chi connectivity index (χ0) is 65.6. The van der Waals surface area contributed by atoms with Gasteiger partial charge in [-0.1, -0.05) is 168 Å². The summed E-state index contributed by atoms with van der Waals surface area (Å²) in [5.74, 6) is -0.0598. The Morgan fingerprint density at radius 3 is 1.47 bits per heavy atom. The molecule has 3 saturated heterocycles. The summed E-state index contributed by atoms with van der Waals surface area (Å²) in [6, 6.07) is 39.0. The third-order valence-corrected chi connectivity index (χ3v) is 19.1. The topological polar surface area (TPSA) is 219 Å². The largest absolute Gasteiger partial charge is 0.341 e. The van der Waals surface area contributed by atoms with E-state index in [1.54, 1.807) is 14.1 Å². The highest BCUT2D eigenvalue weighted by Gasteiger charge is 2.28. The second kappa shape index (κ2) is 29.6. The maximum atomic E-state index is 13.3. The van der Waals surface area contributed by atoms with Crippen LogP contribution in [0.3, 0.4) is 0 Å². The summed E-state index contributed by atoms with van der Waals surface area (Å²) < 4.78 is 19.5. The molecule has 27 heteroatoms. The van der Waals surface area contributed by atoms with Gasteiger partial charge < -0.3 is 19.3 Å². The van der Waals surface area contributed by atoms with Crippen molar-refractivity contribution in [3.8, 4) is 45.0 Å². The Hall–Kier alpha value is -8.17. The summed E-state index contributed by atoms with van der Waals surface area (Å²) in [5.41, 5.74) is 11.3. The van der Waals surface area contributed by atoms with Crippen LogP contribution in [0, 0.1) is 24.3 Å². The van der Waals surface area contributed by atoms with Gasteiger partial charge in [-0.2, -0.15) is 15.3 Å². The number of carbonyl (C=O) groups excluding carboxylic acids is 2. The lowest BCUT2D eigenvalue weighted by Gasteiger charge is -2.32. The second-order valence-electron chi connectivity index (χ2n) is 23.2. The van der Waals surface area contributed by atoms with Gasteiger partial charge in [0.25, 0.3) is 0 Å². The first-order chi connectivity index (χ1) is 45.6. The Kier molecular flexibility index (Phi) is 20.8. The number of fused-ring (bicyclic) bond motifs is 4. The van der Waals surface area contributed by atoms with Gasteiger partial charge >= 0.3 is 0 Å². The van der Waals surface area contributed by atoms with Gasteiger partial charge in [0.2, 0.25) is 17.5 Å². The number of H-pyrrole nitrogens is 1. The van der Waals surface area contributed by atoms with Crippen LogP contribution in [-0.4, -0.2) is 179 Å². The smallest absolute Gasteiger partial charge is 0.244 e. The van der Waals surface area contributed by atoms with E-state index in [9.17, 15) is 14.0 Å². The van der Waals surface area contributed by atoms with Gasteiger partial charge in [0.05, 0.1) is 66.1 Å². The molecule has 1 N–H and O–H groups in total. The Morgan fingerprint density at radius 2 is 0.968 bits per heavy atom. The fourth-order valence-corrected chi connectivity index (χ4v) is 14.1. The SMILES string of the molecule is Cc1[nH]nc2nnc(-c3ccccc3)c(Cl)c12.Cc1nn(CC(=O)N2CCCC2)c2nnc(-c3ccccc3)c(Cl)c12.Cc1nn(CCN2CCN(C)CC2)c2nnc(-c3ccccc3)c(Cl)c12.O=C(Cn1cc(I)c2c(Cl)c(-c3ccccc3)nnc21)N1CC[C@@H](F)C1. The summed E-state index contributed by atoms with van der Waals surface area (Å²) in [7, 11) is 2.17. The lowest BCUT2D eigenvalue weighted by molar-refractivity contribution is -0.131. The highest BCUT2D eigenvalue weighted by atomic mass is 127. The van der Waals surface area contributed by atoms with Crippen molar-refractivity contribution >= 4 is 125 Å². The predicted molar refractivity (Wildman–Crippen MR) is 374 cm³/mol. The molecule has 12 aromatic rings. The number of likely N-dealkylation sites (tertiary alicyclic amines) is 2. The molecule has 0 radical (unpaired) electrons. The van der Waals surface area contributed by atoms with Crippen LogP contribution in [0.25, 0.3) is 89.2 Å². The minimum absolute atomic E-state index is 0.0620. The van der Waals surface area contributed by atoms with E-state index >= 15 is 0 Å². The van der Waals surface area contributed by atoms with E-state index in [4.69, 9.17) is 46.4 Å². The van der Waals surface area contributed by atoms with E-state index in [0.29, 0.717) is 72.8 Å². The standard InChI is InChI=1S/C19H23ClN6.C18H15ClFIN4O.C18H18ClN5O.C12H9ClN4/c1-14-16-17(20)18(15-6-4-3-5-7-15)21-22-19(16)26(23-14)13-12-25-10-8-24(2)9-11-25;19-16-15-13(21)9-25(10-14(26)24-7-6-12(20)8-24)18(15)23-22-17(16)11-4-2-1-3-5-11;1-12-15-16(19)17(13-7-3-2-4-8-13)20-21-18(15)24(22-12)11-14(25)23-9-5-6-10-23;1-7-9-10(13)11(8-5-3-2-4-6-8)15-17-12(9)16-14-7/h3-7H,8-13H2,1-2H3;1-5,9,12H,6-8,10H2;2-4,7-8H,5-6,9-11H2,1H3;2-6H,1H3,(H,14,16,17)/t;12-;;/m.1../s1. The first-order valence-corrected chi connectivity index (χ1v) is 33.4. The third kappa shape index (κ3) is 14.4. The number of nitrogens with one attached hydrogen (secondary N) is 1. The molecule has 2 amide bonds. The van der Waals surface area contributed by atoms with Crippen molar-refractivity contribution in [2.45, 2.75) is 65.8 Å². The van der Waals surface area contributed by atoms with Crippen molar-refractivity contribution in [3.63, 3.8) is 0 Å². The molecular weight excluding hydrogens is 1390 g/mol. The van der Waals surface area contributed by atoms with Crippen molar-refractivity contribution in [3.05, 3.63) is 168 Å². The van der Waals surface area contributed by atoms with Crippen molar-refractivity contribution in [2.75, 3.05) is 66.0 Å². The first kappa shape index (κ1) is 65.9. The van der Waals surface area contributed by atoms with Crippen LogP contribution in [0.1, 0.15) is 36.3 Å². The van der Waals surface area contributed by atoms with E-state index in [1.165, 1.54) is 0 Å². The monoisotopic (exact) mass is 1450 g/mol. The van der Waals surface area contributed by atoms with E-state index in [1.807, 2.05) is 158 Å². The molecule has 1 atom stereocenters. The van der Waals surface area contributed by atoms with Gasteiger partial charge in [0.15, 0.2) is 16.9 Å². The highest BCUT2D eigenvalue weighted by molar-refractivity contribution is 14.1. The molecule has 0 bridgehead atoms. The number of aryl methyl sites for hydroxylation is 3. The molecule has 0 aliphatic carbocycles. The van der Waals surface area contributed by atoms with Crippen LogP contribution in [0.4, 0.5) is 4.39 Å². The van der Waals surface area contributed by atoms with Crippen molar-refractivity contribution < 1.29 is 14.0 Å². The summed E-state index contributed by atoms with van der Waals surface area (Å²) in [6.45, 7) is 14.5.